The lowest BCUT2D eigenvalue weighted by Gasteiger charge is -2.13. The standard InChI is InChI=1S/C16H21N3O2/c1-10-5-6-12(20)8-13(10)15(21)17-9-11-7-14(19-18-11)16(2,3)4/h5-8,20H,9H2,1-4H3,(H,17,21)(H,18,19). The zero-order chi connectivity index (χ0) is 15.6. The van der Waals surface area contributed by atoms with Gasteiger partial charge < -0.3 is 10.4 Å². The third-order valence-corrected chi connectivity index (χ3v) is 3.30. The van der Waals surface area contributed by atoms with Crippen LogP contribution in [0, 0.1) is 6.92 Å². The van der Waals surface area contributed by atoms with Gasteiger partial charge in [-0.3, -0.25) is 9.89 Å². The fourth-order valence-electron chi connectivity index (χ4n) is 1.96. The average Bonchev–Trinajstić information content (AvgIpc) is 2.87. The van der Waals surface area contributed by atoms with Crippen LogP contribution in [0.4, 0.5) is 0 Å². The van der Waals surface area contributed by atoms with Gasteiger partial charge in [-0.2, -0.15) is 5.10 Å². The Balaban J connectivity index is 2.04. The third-order valence-electron chi connectivity index (χ3n) is 3.30. The van der Waals surface area contributed by atoms with Crippen LogP contribution in [0.3, 0.4) is 0 Å². The first-order valence-corrected chi connectivity index (χ1v) is 6.90. The van der Waals surface area contributed by atoms with Crippen molar-refractivity contribution in [2.75, 3.05) is 0 Å². The quantitative estimate of drug-likeness (QED) is 0.812. The monoisotopic (exact) mass is 287 g/mol. The van der Waals surface area contributed by atoms with Crippen molar-refractivity contribution in [3.05, 3.63) is 46.8 Å². The number of phenolic OH excluding ortho intramolecular Hbond substituents is 1. The number of aromatic hydroxyl groups is 1. The van der Waals surface area contributed by atoms with Crippen molar-refractivity contribution < 1.29 is 9.90 Å². The van der Waals surface area contributed by atoms with E-state index in [1.54, 1.807) is 12.1 Å². The van der Waals surface area contributed by atoms with E-state index < -0.39 is 0 Å². The minimum absolute atomic E-state index is 0.0272. The Bertz CT molecular complexity index is 654. The number of aryl methyl sites for hydroxylation is 1. The molecule has 1 heterocycles. The molecule has 0 saturated carbocycles. The minimum atomic E-state index is -0.213. The molecule has 2 aromatic rings. The van der Waals surface area contributed by atoms with Crippen LogP contribution in [0.2, 0.25) is 0 Å². The predicted octanol–water partition coefficient (Wildman–Crippen LogP) is 2.65. The van der Waals surface area contributed by atoms with E-state index in [0.29, 0.717) is 12.1 Å². The van der Waals surface area contributed by atoms with Gasteiger partial charge in [-0.1, -0.05) is 26.8 Å². The van der Waals surface area contributed by atoms with E-state index in [2.05, 4.69) is 36.3 Å². The number of hydrogen-bond donors (Lipinski definition) is 3. The van der Waals surface area contributed by atoms with Gasteiger partial charge in [0.15, 0.2) is 0 Å². The maximum atomic E-state index is 12.1. The van der Waals surface area contributed by atoms with Crippen LogP contribution < -0.4 is 5.32 Å². The zero-order valence-electron chi connectivity index (χ0n) is 12.8. The molecule has 0 bridgehead atoms. The summed E-state index contributed by atoms with van der Waals surface area (Å²) >= 11 is 0. The molecule has 0 fully saturated rings. The van der Waals surface area contributed by atoms with Gasteiger partial charge in [0.1, 0.15) is 5.75 Å². The molecule has 0 unspecified atom stereocenters. The molecule has 0 radical (unpaired) electrons. The summed E-state index contributed by atoms with van der Waals surface area (Å²) in [6.45, 7) is 8.46. The summed E-state index contributed by atoms with van der Waals surface area (Å²) in [5.74, 6) is -0.127. The number of nitrogens with zero attached hydrogens (tertiary/aromatic N) is 1. The van der Waals surface area contributed by atoms with E-state index in [0.717, 1.165) is 17.0 Å². The number of benzene rings is 1. The molecule has 112 valence electrons. The Morgan fingerprint density at radius 2 is 2.05 bits per heavy atom. The van der Waals surface area contributed by atoms with Gasteiger partial charge in [0.25, 0.3) is 5.91 Å². The number of nitrogens with one attached hydrogen (secondary N) is 2. The molecule has 3 N–H and O–H groups in total. The van der Waals surface area contributed by atoms with Crippen LogP contribution in [0.15, 0.2) is 24.3 Å². The Kier molecular flexibility index (Phi) is 4.02. The maximum Gasteiger partial charge on any atom is 0.252 e. The van der Waals surface area contributed by atoms with Crippen LogP contribution in [-0.4, -0.2) is 21.2 Å². The second-order valence-electron chi connectivity index (χ2n) is 6.21. The molecule has 0 saturated heterocycles. The van der Waals surface area contributed by atoms with Gasteiger partial charge in [0, 0.05) is 11.0 Å². The Hall–Kier alpha value is -2.30. The van der Waals surface area contributed by atoms with Gasteiger partial charge in [-0.15, -0.1) is 0 Å². The van der Waals surface area contributed by atoms with Crippen molar-refractivity contribution in [1.82, 2.24) is 15.5 Å². The first-order chi connectivity index (χ1) is 9.77. The molecular weight excluding hydrogens is 266 g/mol. The summed E-state index contributed by atoms with van der Waals surface area (Å²) < 4.78 is 0. The van der Waals surface area contributed by atoms with Crippen LogP contribution in [0.1, 0.15) is 48.1 Å². The molecule has 2 rings (SSSR count). The largest absolute Gasteiger partial charge is 0.508 e. The summed E-state index contributed by atoms with van der Waals surface area (Å²) in [6.07, 6.45) is 0. The highest BCUT2D eigenvalue weighted by Crippen LogP contribution is 2.20. The van der Waals surface area contributed by atoms with E-state index >= 15 is 0 Å². The minimum Gasteiger partial charge on any atom is -0.508 e. The fraction of sp³-hybridized carbons (Fsp3) is 0.375. The lowest BCUT2D eigenvalue weighted by Crippen LogP contribution is -2.23. The number of aromatic nitrogens is 2. The number of rotatable bonds is 3. The van der Waals surface area contributed by atoms with Crippen molar-refractivity contribution in [2.45, 2.75) is 39.7 Å². The van der Waals surface area contributed by atoms with E-state index in [1.807, 2.05) is 13.0 Å². The van der Waals surface area contributed by atoms with Crippen LogP contribution in [-0.2, 0) is 12.0 Å². The molecule has 5 nitrogen and oxygen atoms in total. The van der Waals surface area contributed by atoms with Crippen LogP contribution in [0.25, 0.3) is 0 Å². The summed E-state index contributed by atoms with van der Waals surface area (Å²) in [4.78, 5) is 12.1. The summed E-state index contributed by atoms with van der Waals surface area (Å²) in [5, 5.41) is 19.5. The normalized spacial score (nSPS) is 11.4. The highest BCUT2D eigenvalue weighted by molar-refractivity contribution is 5.95. The number of aromatic amines is 1. The lowest BCUT2D eigenvalue weighted by atomic mass is 9.92. The Morgan fingerprint density at radius 1 is 1.33 bits per heavy atom. The van der Waals surface area contributed by atoms with Crippen molar-refractivity contribution >= 4 is 5.91 Å². The van der Waals surface area contributed by atoms with Gasteiger partial charge in [-0.05, 0) is 30.7 Å². The van der Waals surface area contributed by atoms with E-state index in [4.69, 9.17) is 0 Å². The molecule has 0 spiro atoms. The van der Waals surface area contributed by atoms with Crippen molar-refractivity contribution in [2.24, 2.45) is 0 Å². The summed E-state index contributed by atoms with van der Waals surface area (Å²) in [6, 6.07) is 6.71. The number of hydrogen-bond acceptors (Lipinski definition) is 3. The number of amides is 1. The highest BCUT2D eigenvalue weighted by atomic mass is 16.3. The Labute approximate surface area is 124 Å². The lowest BCUT2D eigenvalue weighted by molar-refractivity contribution is 0.0949. The highest BCUT2D eigenvalue weighted by Gasteiger charge is 2.17. The molecule has 1 amide bonds. The predicted molar refractivity (Wildman–Crippen MR) is 81.3 cm³/mol. The number of phenols is 1. The molecule has 1 aromatic heterocycles. The maximum absolute atomic E-state index is 12.1. The average molecular weight is 287 g/mol. The second kappa shape index (κ2) is 5.60. The van der Waals surface area contributed by atoms with Crippen LogP contribution in [0.5, 0.6) is 5.75 Å². The van der Waals surface area contributed by atoms with E-state index in [9.17, 15) is 9.90 Å². The molecule has 0 aliphatic carbocycles. The molecule has 0 atom stereocenters. The number of carbonyl (C=O) groups is 1. The van der Waals surface area contributed by atoms with Crippen molar-refractivity contribution in [1.29, 1.82) is 0 Å². The first kappa shape index (κ1) is 15.1. The molecule has 0 aliphatic heterocycles. The fourth-order valence-corrected chi connectivity index (χ4v) is 1.96. The van der Waals surface area contributed by atoms with Gasteiger partial charge in [-0.25, -0.2) is 0 Å². The summed E-state index contributed by atoms with van der Waals surface area (Å²) in [7, 11) is 0. The molecule has 1 aromatic carbocycles. The molecular formula is C16H21N3O2. The second-order valence-corrected chi connectivity index (χ2v) is 6.21. The SMILES string of the molecule is Cc1ccc(O)cc1C(=O)NCc1cc(C(C)(C)C)n[nH]1. The van der Waals surface area contributed by atoms with E-state index in [1.165, 1.54) is 6.07 Å². The molecule has 5 heteroatoms. The molecule has 0 aliphatic rings. The smallest absolute Gasteiger partial charge is 0.252 e. The Morgan fingerprint density at radius 3 is 2.67 bits per heavy atom. The molecule has 21 heavy (non-hydrogen) atoms. The third kappa shape index (κ3) is 3.62. The van der Waals surface area contributed by atoms with Crippen LogP contribution >= 0.6 is 0 Å². The first-order valence-electron chi connectivity index (χ1n) is 6.90. The zero-order valence-corrected chi connectivity index (χ0v) is 12.8. The van der Waals surface area contributed by atoms with Gasteiger partial charge >= 0.3 is 0 Å². The van der Waals surface area contributed by atoms with Gasteiger partial charge in [0.2, 0.25) is 0 Å². The topological polar surface area (TPSA) is 78.0 Å². The summed E-state index contributed by atoms with van der Waals surface area (Å²) in [5.41, 5.74) is 3.09. The number of H-pyrrole nitrogens is 1. The van der Waals surface area contributed by atoms with Crippen molar-refractivity contribution in [3.63, 3.8) is 0 Å². The number of carbonyl (C=O) groups excluding carboxylic acids is 1. The van der Waals surface area contributed by atoms with Gasteiger partial charge in [0.05, 0.1) is 17.9 Å². The van der Waals surface area contributed by atoms with Crippen molar-refractivity contribution in [3.8, 4) is 5.75 Å². The van der Waals surface area contributed by atoms with E-state index in [-0.39, 0.29) is 17.1 Å².